The van der Waals surface area contributed by atoms with Gasteiger partial charge >= 0.3 is 5.69 Å². The molecule has 0 aromatic carbocycles. The minimum absolute atomic E-state index is 0.0674. The normalized spacial score (nSPS) is 14.6. The lowest BCUT2D eigenvalue weighted by atomic mass is 10.2. The number of nitro groups is 1. The molecule has 6 heteroatoms. The number of hydrogen-bond acceptors (Lipinski definition) is 4. The van der Waals surface area contributed by atoms with Gasteiger partial charge in [0.15, 0.2) is 0 Å². The first kappa shape index (κ1) is 12.1. The predicted octanol–water partition coefficient (Wildman–Crippen LogP) is 3.25. The molecule has 5 nitrogen and oxygen atoms in total. The average Bonchev–Trinajstić information content (AvgIpc) is 3.07. The van der Waals surface area contributed by atoms with Crippen LogP contribution in [0.5, 0.6) is 0 Å². The number of pyridine rings is 1. The first-order chi connectivity index (χ1) is 8.18. The van der Waals surface area contributed by atoms with Crippen LogP contribution in [0.2, 0.25) is 5.15 Å². The second kappa shape index (κ2) is 5.31. The van der Waals surface area contributed by atoms with Crippen LogP contribution in [0.3, 0.4) is 0 Å². The molecule has 1 heterocycles. The third-order valence-corrected chi connectivity index (χ3v) is 3.14. The van der Waals surface area contributed by atoms with Gasteiger partial charge in [0, 0.05) is 12.7 Å². The topological polar surface area (TPSA) is 68.1 Å². The van der Waals surface area contributed by atoms with E-state index in [2.05, 4.69) is 10.3 Å². The molecule has 1 aliphatic carbocycles. The molecule has 1 fully saturated rings. The smallest absolute Gasteiger partial charge is 0.329 e. The summed E-state index contributed by atoms with van der Waals surface area (Å²) >= 11 is 5.70. The average molecular weight is 256 g/mol. The summed E-state index contributed by atoms with van der Waals surface area (Å²) in [5, 5.41) is 13.8. The molecule has 0 atom stereocenters. The van der Waals surface area contributed by atoms with Gasteiger partial charge in [-0.2, -0.15) is 0 Å². The zero-order chi connectivity index (χ0) is 12.3. The predicted molar refractivity (Wildman–Crippen MR) is 66.3 cm³/mol. The first-order valence-corrected chi connectivity index (χ1v) is 6.09. The maximum Gasteiger partial charge on any atom is 0.329 e. The monoisotopic (exact) mass is 255 g/mol. The van der Waals surface area contributed by atoms with E-state index in [4.69, 9.17) is 11.6 Å². The molecule has 0 saturated heterocycles. The van der Waals surface area contributed by atoms with Gasteiger partial charge < -0.3 is 5.32 Å². The minimum Gasteiger partial charge on any atom is -0.379 e. The van der Waals surface area contributed by atoms with E-state index in [0.717, 1.165) is 18.9 Å². The van der Waals surface area contributed by atoms with Crippen LogP contribution >= 0.6 is 11.6 Å². The van der Waals surface area contributed by atoms with Crippen molar-refractivity contribution in [3.05, 3.63) is 27.5 Å². The lowest BCUT2D eigenvalue weighted by Gasteiger charge is -2.06. The second-order valence-corrected chi connectivity index (χ2v) is 4.63. The van der Waals surface area contributed by atoms with Crippen LogP contribution in [0.15, 0.2) is 12.3 Å². The number of nitrogens with one attached hydrogen (secondary N) is 1. The lowest BCUT2D eigenvalue weighted by molar-refractivity contribution is -0.384. The molecule has 92 valence electrons. The Balaban J connectivity index is 1.93. The number of hydrogen-bond donors (Lipinski definition) is 1. The number of halogens is 1. The highest BCUT2D eigenvalue weighted by molar-refractivity contribution is 6.32. The van der Waals surface area contributed by atoms with Crippen LogP contribution in [-0.4, -0.2) is 16.5 Å². The van der Waals surface area contributed by atoms with Gasteiger partial charge in [-0.1, -0.05) is 24.4 Å². The van der Waals surface area contributed by atoms with E-state index in [0.29, 0.717) is 5.69 Å². The highest BCUT2D eigenvalue weighted by Gasteiger charge is 2.21. The third-order valence-electron chi connectivity index (χ3n) is 2.86. The largest absolute Gasteiger partial charge is 0.379 e. The SMILES string of the molecule is O=[N+]([O-])c1c(NCCCC2CC2)ccnc1Cl. The Hall–Kier alpha value is -1.36. The fourth-order valence-electron chi connectivity index (χ4n) is 1.77. The van der Waals surface area contributed by atoms with E-state index in [-0.39, 0.29) is 10.8 Å². The van der Waals surface area contributed by atoms with E-state index in [1.165, 1.54) is 25.5 Å². The Morgan fingerprint density at radius 2 is 2.35 bits per heavy atom. The zero-order valence-electron chi connectivity index (χ0n) is 9.36. The summed E-state index contributed by atoms with van der Waals surface area (Å²) < 4.78 is 0. The molecule has 0 amide bonds. The molecule has 0 radical (unpaired) electrons. The standard InChI is InChI=1S/C11H14ClN3O2/c12-11-10(15(16)17)9(5-7-14-11)13-6-1-2-8-3-4-8/h5,7-8H,1-4,6H2,(H,13,14). The van der Waals surface area contributed by atoms with E-state index in [1.54, 1.807) is 6.07 Å². The molecule has 0 spiro atoms. The molecule has 1 aromatic rings. The van der Waals surface area contributed by atoms with Crippen molar-refractivity contribution in [2.24, 2.45) is 5.92 Å². The summed E-state index contributed by atoms with van der Waals surface area (Å²) in [5.74, 6) is 0.882. The summed E-state index contributed by atoms with van der Waals surface area (Å²) in [4.78, 5) is 14.0. The van der Waals surface area contributed by atoms with Gasteiger partial charge in [-0.05, 0) is 24.8 Å². The number of aromatic nitrogens is 1. The Bertz CT molecular complexity index is 421. The third kappa shape index (κ3) is 3.30. The van der Waals surface area contributed by atoms with Crippen LogP contribution in [-0.2, 0) is 0 Å². The molecule has 1 aliphatic rings. The Kier molecular flexibility index (Phi) is 3.78. The summed E-state index contributed by atoms with van der Waals surface area (Å²) in [7, 11) is 0. The van der Waals surface area contributed by atoms with Gasteiger partial charge in [0.1, 0.15) is 5.69 Å². The zero-order valence-corrected chi connectivity index (χ0v) is 10.1. The molecular formula is C11H14ClN3O2. The minimum atomic E-state index is -0.501. The summed E-state index contributed by atoms with van der Waals surface area (Å²) in [6.07, 6.45) is 6.36. The molecule has 0 unspecified atom stereocenters. The van der Waals surface area contributed by atoms with Gasteiger partial charge in [-0.3, -0.25) is 10.1 Å². The van der Waals surface area contributed by atoms with Gasteiger partial charge in [0.05, 0.1) is 4.92 Å². The first-order valence-electron chi connectivity index (χ1n) is 5.71. The van der Waals surface area contributed by atoms with Crippen molar-refractivity contribution in [2.75, 3.05) is 11.9 Å². The molecule has 17 heavy (non-hydrogen) atoms. The van der Waals surface area contributed by atoms with Gasteiger partial charge in [-0.15, -0.1) is 0 Å². The Morgan fingerprint density at radius 1 is 1.59 bits per heavy atom. The highest BCUT2D eigenvalue weighted by atomic mass is 35.5. The van der Waals surface area contributed by atoms with E-state index in [1.807, 2.05) is 0 Å². The van der Waals surface area contributed by atoms with Crippen molar-refractivity contribution in [1.29, 1.82) is 0 Å². The molecule has 1 aromatic heterocycles. The van der Waals surface area contributed by atoms with Crippen molar-refractivity contribution >= 4 is 23.0 Å². The number of anilines is 1. The van der Waals surface area contributed by atoms with Gasteiger partial charge in [0.2, 0.25) is 5.15 Å². The van der Waals surface area contributed by atoms with Crippen molar-refractivity contribution in [2.45, 2.75) is 25.7 Å². The summed E-state index contributed by atoms with van der Waals surface area (Å²) in [5.41, 5.74) is 0.311. The summed E-state index contributed by atoms with van der Waals surface area (Å²) in [6, 6.07) is 1.58. The van der Waals surface area contributed by atoms with E-state index < -0.39 is 4.92 Å². The molecule has 0 bridgehead atoms. The van der Waals surface area contributed by atoms with Gasteiger partial charge in [-0.25, -0.2) is 4.98 Å². The number of rotatable bonds is 6. The highest BCUT2D eigenvalue weighted by Crippen LogP contribution is 2.34. The van der Waals surface area contributed by atoms with Crippen LogP contribution in [0.4, 0.5) is 11.4 Å². The maximum atomic E-state index is 10.8. The van der Waals surface area contributed by atoms with Crippen molar-refractivity contribution in [3.63, 3.8) is 0 Å². The van der Waals surface area contributed by atoms with Gasteiger partial charge in [0.25, 0.3) is 0 Å². The van der Waals surface area contributed by atoms with E-state index >= 15 is 0 Å². The quantitative estimate of drug-likeness (QED) is 0.367. The van der Waals surface area contributed by atoms with Crippen molar-refractivity contribution in [3.8, 4) is 0 Å². The van der Waals surface area contributed by atoms with Crippen LogP contribution in [0.1, 0.15) is 25.7 Å². The summed E-state index contributed by atoms with van der Waals surface area (Å²) in [6.45, 7) is 0.734. The van der Waals surface area contributed by atoms with Crippen LogP contribution in [0, 0.1) is 16.0 Å². The lowest BCUT2D eigenvalue weighted by Crippen LogP contribution is -2.05. The van der Waals surface area contributed by atoms with Crippen molar-refractivity contribution in [1.82, 2.24) is 4.98 Å². The van der Waals surface area contributed by atoms with E-state index in [9.17, 15) is 10.1 Å². The second-order valence-electron chi connectivity index (χ2n) is 4.27. The Labute approximate surface area is 104 Å². The molecule has 0 aliphatic heterocycles. The maximum absolute atomic E-state index is 10.8. The van der Waals surface area contributed by atoms with Crippen LogP contribution in [0.25, 0.3) is 0 Å². The molecule has 1 N–H and O–H groups in total. The fraction of sp³-hybridized carbons (Fsp3) is 0.545. The molecule has 2 rings (SSSR count). The molecular weight excluding hydrogens is 242 g/mol. The number of nitrogens with zero attached hydrogens (tertiary/aromatic N) is 2. The fourth-order valence-corrected chi connectivity index (χ4v) is 1.99. The molecule has 1 saturated carbocycles. The van der Waals surface area contributed by atoms with Crippen LogP contribution < -0.4 is 5.32 Å². The van der Waals surface area contributed by atoms with Crippen molar-refractivity contribution < 1.29 is 4.92 Å². The Morgan fingerprint density at radius 3 is 3.00 bits per heavy atom.